The normalized spacial score (nSPS) is 25.9. The fourth-order valence-electron chi connectivity index (χ4n) is 1.94. The Bertz CT molecular complexity index is 304. The van der Waals surface area contributed by atoms with Gasteiger partial charge in [0.2, 0.25) is 0 Å². The van der Waals surface area contributed by atoms with Crippen molar-refractivity contribution in [3.8, 4) is 0 Å². The SMILES string of the molecule is C=C/C=C(\C=C)O[C@H]1CCC[C@H](C(=O)O)C1. The topological polar surface area (TPSA) is 46.5 Å². The van der Waals surface area contributed by atoms with E-state index < -0.39 is 5.97 Å². The number of allylic oxidation sites excluding steroid dienone is 3. The van der Waals surface area contributed by atoms with Crippen molar-refractivity contribution in [3.63, 3.8) is 0 Å². The highest BCUT2D eigenvalue weighted by Crippen LogP contribution is 2.28. The van der Waals surface area contributed by atoms with E-state index in [-0.39, 0.29) is 12.0 Å². The fourth-order valence-corrected chi connectivity index (χ4v) is 1.94. The third kappa shape index (κ3) is 3.57. The summed E-state index contributed by atoms with van der Waals surface area (Å²) in [6.07, 6.45) is 8.12. The molecule has 0 bridgehead atoms. The Kier molecular flexibility index (Phi) is 4.83. The van der Waals surface area contributed by atoms with Crippen LogP contribution in [0.2, 0.25) is 0 Å². The maximum absolute atomic E-state index is 10.9. The maximum atomic E-state index is 10.9. The molecule has 1 aliphatic carbocycles. The van der Waals surface area contributed by atoms with Gasteiger partial charge in [0.15, 0.2) is 0 Å². The monoisotopic (exact) mass is 222 g/mol. The van der Waals surface area contributed by atoms with E-state index in [1.54, 1.807) is 18.2 Å². The van der Waals surface area contributed by atoms with Crippen LogP contribution in [0.15, 0.2) is 37.1 Å². The summed E-state index contributed by atoms with van der Waals surface area (Å²) in [6, 6.07) is 0. The molecule has 2 atom stereocenters. The molecule has 0 aromatic carbocycles. The first kappa shape index (κ1) is 12.6. The average Bonchev–Trinajstić information content (AvgIpc) is 2.29. The van der Waals surface area contributed by atoms with Crippen LogP contribution in [0, 0.1) is 5.92 Å². The van der Waals surface area contributed by atoms with Gasteiger partial charge in [-0.1, -0.05) is 19.2 Å². The minimum atomic E-state index is -0.721. The quantitative estimate of drug-likeness (QED) is 0.574. The highest BCUT2D eigenvalue weighted by molar-refractivity contribution is 5.70. The lowest BCUT2D eigenvalue weighted by molar-refractivity contribution is -0.144. The van der Waals surface area contributed by atoms with E-state index in [0.717, 1.165) is 19.3 Å². The van der Waals surface area contributed by atoms with E-state index in [1.807, 2.05) is 0 Å². The van der Waals surface area contributed by atoms with Gasteiger partial charge < -0.3 is 9.84 Å². The molecule has 16 heavy (non-hydrogen) atoms. The molecular weight excluding hydrogens is 204 g/mol. The molecule has 1 aliphatic rings. The zero-order valence-electron chi connectivity index (χ0n) is 9.39. The molecule has 0 radical (unpaired) electrons. The lowest BCUT2D eigenvalue weighted by atomic mass is 9.87. The van der Waals surface area contributed by atoms with Crippen molar-refractivity contribution in [1.82, 2.24) is 0 Å². The zero-order valence-corrected chi connectivity index (χ0v) is 9.39. The second kappa shape index (κ2) is 6.16. The first-order valence-electron chi connectivity index (χ1n) is 5.52. The van der Waals surface area contributed by atoms with Crippen LogP contribution in [-0.4, -0.2) is 17.2 Å². The molecule has 0 amide bonds. The van der Waals surface area contributed by atoms with Gasteiger partial charge in [0.1, 0.15) is 5.76 Å². The van der Waals surface area contributed by atoms with E-state index in [4.69, 9.17) is 9.84 Å². The largest absolute Gasteiger partial charge is 0.490 e. The molecule has 0 heterocycles. The Hall–Kier alpha value is -1.51. The van der Waals surface area contributed by atoms with Gasteiger partial charge in [0.05, 0.1) is 12.0 Å². The number of carbonyl (C=O) groups is 1. The van der Waals surface area contributed by atoms with E-state index in [2.05, 4.69) is 13.2 Å². The van der Waals surface area contributed by atoms with Crippen molar-refractivity contribution in [3.05, 3.63) is 37.1 Å². The summed E-state index contributed by atoms with van der Waals surface area (Å²) >= 11 is 0. The Balaban J connectivity index is 2.54. The zero-order chi connectivity index (χ0) is 12.0. The highest BCUT2D eigenvalue weighted by atomic mass is 16.5. The van der Waals surface area contributed by atoms with Crippen LogP contribution < -0.4 is 0 Å². The van der Waals surface area contributed by atoms with Crippen molar-refractivity contribution in [2.45, 2.75) is 31.8 Å². The van der Waals surface area contributed by atoms with Crippen molar-refractivity contribution in [2.24, 2.45) is 5.92 Å². The average molecular weight is 222 g/mol. The Morgan fingerprint density at radius 2 is 2.12 bits per heavy atom. The van der Waals surface area contributed by atoms with Gasteiger partial charge in [0.25, 0.3) is 0 Å². The molecular formula is C13H18O3. The molecule has 3 heteroatoms. The van der Waals surface area contributed by atoms with Crippen LogP contribution in [0.3, 0.4) is 0 Å². The van der Waals surface area contributed by atoms with Crippen LogP contribution >= 0.6 is 0 Å². The second-order valence-corrected chi connectivity index (χ2v) is 3.95. The molecule has 1 rings (SSSR count). The molecule has 0 spiro atoms. The number of ether oxygens (including phenoxy) is 1. The van der Waals surface area contributed by atoms with E-state index in [0.29, 0.717) is 12.2 Å². The van der Waals surface area contributed by atoms with E-state index in [1.165, 1.54) is 0 Å². The lowest BCUT2D eigenvalue weighted by Crippen LogP contribution is -2.27. The molecule has 1 saturated carbocycles. The van der Waals surface area contributed by atoms with E-state index in [9.17, 15) is 4.79 Å². The fraction of sp³-hybridized carbons (Fsp3) is 0.462. The lowest BCUT2D eigenvalue weighted by Gasteiger charge is -2.27. The molecule has 3 nitrogen and oxygen atoms in total. The van der Waals surface area contributed by atoms with Gasteiger partial charge in [-0.3, -0.25) is 4.79 Å². The first-order valence-corrected chi connectivity index (χ1v) is 5.52. The Morgan fingerprint density at radius 3 is 2.69 bits per heavy atom. The van der Waals surface area contributed by atoms with E-state index >= 15 is 0 Å². The van der Waals surface area contributed by atoms with Crippen molar-refractivity contribution < 1.29 is 14.6 Å². The predicted molar refractivity (Wildman–Crippen MR) is 62.9 cm³/mol. The van der Waals surface area contributed by atoms with Crippen LogP contribution in [0.5, 0.6) is 0 Å². The molecule has 1 N–H and O–H groups in total. The van der Waals surface area contributed by atoms with Gasteiger partial charge in [-0.25, -0.2) is 0 Å². The number of hydrogen-bond donors (Lipinski definition) is 1. The number of carboxylic acid groups (broad SMARTS) is 1. The summed E-state index contributed by atoms with van der Waals surface area (Å²) in [5.41, 5.74) is 0. The Morgan fingerprint density at radius 1 is 1.38 bits per heavy atom. The predicted octanol–water partition coefficient (Wildman–Crippen LogP) is 2.90. The molecule has 0 aromatic rings. The summed E-state index contributed by atoms with van der Waals surface area (Å²) in [5, 5.41) is 8.94. The van der Waals surface area contributed by atoms with Crippen molar-refractivity contribution in [2.75, 3.05) is 0 Å². The van der Waals surface area contributed by atoms with Crippen LogP contribution in [0.1, 0.15) is 25.7 Å². The summed E-state index contributed by atoms with van der Waals surface area (Å²) in [5.74, 6) is -0.333. The summed E-state index contributed by atoms with van der Waals surface area (Å²) in [4.78, 5) is 10.9. The second-order valence-electron chi connectivity index (χ2n) is 3.95. The van der Waals surface area contributed by atoms with Gasteiger partial charge in [-0.2, -0.15) is 0 Å². The number of aliphatic carboxylic acids is 1. The van der Waals surface area contributed by atoms with Crippen molar-refractivity contribution in [1.29, 1.82) is 0 Å². The van der Waals surface area contributed by atoms with Gasteiger partial charge in [-0.15, -0.1) is 0 Å². The number of rotatable bonds is 5. The standard InChI is InChI=1S/C13H18O3/c1-3-6-11(4-2)16-12-8-5-7-10(9-12)13(14)15/h3-4,6,10,12H,1-2,5,7-9H2,(H,14,15)/b11-6+/t10-,12-/m0/s1. The number of hydrogen-bond acceptors (Lipinski definition) is 2. The molecule has 1 fully saturated rings. The third-order valence-corrected chi connectivity index (χ3v) is 2.76. The van der Waals surface area contributed by atoms with Gasteiger partial charge in [0, 0.05) is 0 Å². The summed E-state index contributed by atoms with van der Waals surface area (Å²) < 4.78 is 5.67. The Labute approximate surface area is 96.1 Å². The van der Waals surface area contributed by atoms with Crippen LogP contribution in [-0.2, 0) is 9.53 Å². The molecule has 88 valence electrons. The van der Waals surface area contributed by atoms with Gasteiger partial charge in [-0.05, 0) is 37.8 Å². The molecule has 0 aromatic heterocycles. The van der Waals surface area contributed by atoms with Gasteiger partial charge >= 0.3 is 5.97 Å². The number of carboxylic acids is 1. The first-order chi connectivity index (χ1) is 7.67. The minimum Gasteiger partial charge on any atom is -0.490 e. The highest BCUT2D eigenvalue weighted by Gasteiger charge is 2.28. The van der Waals surface area contributed by atoms with Crippen LogP contribution in [0.4, 0.5) is 0 Å². The smallest absolute Gasteiger partial charge is 0.306 e. The minimum absolute atomic E-state index is 0.0148. The van der Waals surface area contributed by atoms with Crippen molar-refractivity contribution >= 4 is 5.97 Å². The summed E-state index contributed by atoms with van der Waals surface area (Å²) in [6.45, 7) is 7.23. The van der Waals surface area contributed by atoms with Crippen LogP contribution in [0.25, 0.3) is 0 Å². The molecule has 0 unspecified atom stereocenters. The summed E-state index contributed by atoms with van der Waals surface area (Å²) in [7, 11) is 0. The molecule has 0 saturated heterocycles. The maximum Gasteiger partial charge on any atom is 0.306 e. The third-order valence-electron chi connectivity index (χ3n) is 2.76. The molecule has 0 aliphatic heterocycles.